The van der Waals surface area contributed by atoms with Crippen LogP contribution in [0, 0.1) is 11.3 Å². The Kier molecular flexibility index (Phi) is 3.47. The third-order valence-electron chi connectivity index (χ3n) is 3.91. The van der Waals surface area contributed by atoms with Crippen molar-refractivity contribution in [2.24, 2.45) is 11.3 Å². The quantitative estimate of drug-likeness (QED) is 0.651. The van der Waals surface area contributed by atoms with Gasteiger partial charge in [0.1, 0.15) is 5.60 Å². The predicted octanol–water partition coefficient (Wildman–Crippen LogP) is 3.54. The van der Waals surface area contributed by atoms with E-state index in [0.29, 0.717) is 5.92 Å². The minimum atomic E-state index is -0.342. The Morgan fingerprint density at radius 1 is 1.20 bits per heavy atom. The van der Waals surface area contributed by atoms with E-state index in [1.165, 1.54) is 12.8 Å². The molecule has 1 atom stereocenters. The molecule has 0 heterocycles. The van der Waals surface area contributed by atoms with Crippen molar-refractivity contribution >= 4 is 5.97 Å². The maximum Gasteiger partial charge on any atom is 0.312 e. The molecule has 88 valence electrons. The molecule has 0 aliphatic heterocycles. The summed E-state index contributed by atoms with van der Waals surface area (Å²) in [5, 5.41) is 0. The SMILES string of the molecule is CCC(C)(C)C(=O)OC(C)(CC)C1CC1. The average Bonchev–Trinajstić information content (AvgIpc) is 3.00. The lowest BCUT2D eigenvalue weighted by molar-refractivity contribution is -0.171. The Labute approximate surface area is 93.4 Å². The molecule has 1 unspecified atom stereocenters. The molecule has 0 spiro atoms. The summed E-state index contributed by atoms with van der Waals surface area (Å²) in [4.78, 5) is 12.0. The topological polar surface area (TPSA) is 26.3 Å². The zero-order valence-electron chi connectivity index (χ0n) is 10.7. The lowest BCUT2D eigenvalue weighted by Gasteiger charge is -2.32. The van der Waals surface area contributed by atoms with Crippen LogP contribution in [-0.2, 0) is 9.53 Å². The lowest BCUT2D eigenvalue weighted by atomic mass is 9.89. The van der Waals surface area contributed by atoms with E-state index >= 15 is 0 Å². The van der Waals surface area contributed by atoms with Gasteiger partial charge in [0.25, 0.3) is 0 Å². The fourth-order valence-electron chi connectivity index (χ4n) is 1.63. The zero-order valence-corrected chi connectivity index (χ0v) is 10.7. The van der Waals surface area contributed by atoms with E-state index in [1.54, 1.807) is 0 Å². The van der Waals surface area contributed by atoms with Gasteiger partial charge in [-0.2, -0.15) is 0 Å². The molecule has 0 aromatic heterocycles. The van der Waals surface area contributed by atoms with Crippen molar-refractivity contribution in [2.75, 3.05) is 0 Å². The molecule has 0 N–H and O–H groups in total. The summed E-state index contributed by atoms with van der Waals surface area (Å²) in [6, 6.07) is 0. The van der Waals surface area contributed by atoms with Crippen LogP contribution in [0.3, 0.4) is 0 Å². The van der Waals surface area contributed by atoms with Gasteiger partial charge >= 0.3 is 5.97 Å². The van der Waals surface area contributed by atoms with Gasteiger partial charge in [-0.3, -0.25) is 4.79 Å². The van der Waals surface area contributed by atoms with E-state index in [4.69, 9.17) is 4.74 Å². The van der Waals surface area contributed by atoms with E-state index in [2.05, 4.69) is 13.8 Å². The highest BCUT2D eigenvalue weighted by molar-refractivity contribution is 5.76. The number of carbonyl (C=O) groups is 1. The summed E-state index contributed by atoms with van der Waals surface area (Å²) in [5.41, 5.74) is -0.561. The van der Waals surface area contributed by atoms with Gasteiger partial charge in [0.15, 0.2) is 0 Å². The first-order chi connectivity index (χ1) is 6.85. The van der Waals surface area contributed by atoms with Crippen molar-refractivity contribution in [3.05, 3.63) is 0 Å². The van der Waals surface area contributed by atoms with Gasteiger partial charge in [-0.1, -0.05) is 13.8 Å². The second-order valence-corrected chi connectivity index (χ2v) is 5.57. The van der Waals surface area contributed by atoms with Gasteiger partial charge in [-0.05, 0) is 52.4 Å². The molecule has 0 radical (unpaired) electrons. The number of ether oxygens (including phenoxy) is 1. The first-order valence-electron chi connectivity index (χ1n) is 6.09. The largest absolute Gasteiger partial charge is 0.459 e. The monoisotopic (exact) mass is 212 g/mol. The summed E-state index contributed by atoms with van der Waals surface area (Å²) in [7, 11) is 0. The third-order valence-corrected chi connectivity index (χ3v) is 3.91. The van der Waals surface area contributed by atoms with Crippen LogP contribution in [0.25, 0.3) is 0 Å². The second-order valence-electron chi connectivity index (χ2n) is 5.57. The fourth-order valence-corrected chi connectivity index (χ4v) is 1.63. The number of rotatable bonds is 5. The van der Waals surface area contributed by atoms with Crippen LogP contribution in [0.4, 0.5) is 0 Å². The lowest BCUT2D eigenvalue weighted by Crippen LogP contribution is -2.38. The molecular formula is C13H24O2. The van der Waals surface area contributed by atoms with Crippen LogP contribution in [0.1, 0.15) is 60.3 Å². The third kappa shape index (κ3) is 2.73. The predicted molar refractivity (Wildman–Crippen MR) is 61.6 cm³/mol. The normalized spacial score (nSPS) is 20.9. The molecule has 1 aliphatic carbocycles. The van der Waals surface area contributed by atoms with Gasteiger partial charge < -0.3 is 4.74 Å². The van der Waals surface area contributed by atoms with Crippen molar-refractivity contribution < 1.29 is 9.53 Å². The standard InChI is InChI=1S/C13H24O2/c1-6-12(3,4)11(14)15-13(5,7-2)10-8-9-10/h10H,6-9H2,1-5H3. The molecule has 2 nitrogen and oxygen atoms in total. The van der Waals surface area contributed by atoms with Crippen LogP contribution >= 0.6 is 0 Å². The highest BCUT2D eigenvalue weighted by Gasteiger charge is 2.45. The van der Waals surface area contributed by atoms with E-state index in [0.717, 1.165) is 12.8 Å². The number of esters is 1. The van der Waals surface area contributed by atoms with E-state index in [9.17, 15) is 4.79 Å². The van der Waals surface area contributed by atoms with Crippen molar-refractivity contribution in [1.82, 2.24) is 0 Å². The number of hydrogen-bond acceptors (Lipinski definition) is 2. The Hall–Kier alpha value is -0.530. The van der Waals surface area contributed by atoms with Crippen molar-refractivity contribution in [2.45, 2.75) is 65.9 Å². The van der Waals surface area contributed by atoms with E-state index < -0.39 is 0 Å². The Balaban J connectivity index is 2.63. The van der Waals surface area contributed by atoms with Gasteiger partial charge in [0.2, 0.25) is 0 Å². The van der Waals surface area contributed by atoms with Gasteiger partial charge in [-0.15, -0.1) is 0 Å². The Morgan fingerprint density at radius 2 is 1.73 bits per heavy atom. The molecule has 0 amide bonds. The minimum Gasteiger partial charge on any atom is -0.459 e. The molecule has 2 heteroatoms. The summed E-state index contributed by atoms with van der Waals surface area (Å²) >= 11 is 0. The fraction of sp³-hybridized carbons (Fsp3) is 0.923. The van der Waals surface area contributed by atoms with Crippen molar-refractivity contribution in [3.63, 3.8) is 0 Å². The van der Waals surface area contributed by atoms with Crippen molar-refractivity contribution in [3.8, 4) is 0 Å². The van der Waals surface area contributed by atoms with E-state index in [1.807, 2.05) is 20.8 Å². The zero-order chi connectivity index (χ0) is 11.7. The summed E-state index contributed by atoms with van der Waals surface area (Å²) in [5.74, 6) is 0.556. The molecule has 0 bridgehead atoms. The van der Waals surface area contributed by atoms with Gasteiger partial charge in [-0.25, -0.2) is 0 Å². The Morgan fingerprint density at radius 3 is 2.07 bits per heavy atom. The van der Waals surface area contributed by atoms with Crippen molar-refractivity contribution in [1.29, 1.82) is 0 Å². The molecule has 1 saturated carbocycles. The van der Waals surface area contributed by atoms with Gasteiger partial charge in [0, 0.05) is 0 Å². The maximum atomic E-state index is 12.0. The molecule has 0 aromatic rings. The van der Waals surface area contributed by atoms with Crippen LogP contribution < -0.4 is 0 Å². The van der Waals surface area contributed by atoms with E-state index in [-0.39, 0.29) is 17.0 Å². The summed E-state index contributed by atoms with van der Waals surface area (Å²) in [6.07, 6.45) is 4.17. The van der Waals surface area contributed by atoms with Gasteiger partial charge in [0.05, 0.1) is 5.41 Å². The summed E-state index contributed by atoms with van der Waals surface area (Å²) < 4.78 is 5.73. The Bertz CT molecular complexity index is 241. The first kappa shape index (κ1) is 12.5. The van der Waals surface area contributed by atoms with Crippen LogP contribution in [0.5, 0.6) is 0 Å². The smallest absolute Gasteiger partial charge is 0.312 e. The molecule has 0 saturated heterocycles. The van der Waals surface area contributed by atoms with Crippen LogP contribution in [0.15, 0.2) is 0 Å². The number of hydrogen-bond donors (Lipinski definition) is 0. The molecule has 1 aliphatic rings. The first-order valence-corrected chi connectivity index (χ1v) is 6.09. The van der Waals surface area contributed by atoms with Crippen LogP contribution in [0.2, 0.25) is 0 Å². The molecular weight excluding hydrogens is 188 g/mol. The maximum absolute atomic E-state index is 12.0. The molecule has 15 heavy (non-hydrogen) atoms. The average molecular weight is 212 g/mol. The minimum absolute atomic E-state index is 0.0405. The second kappa shape index (κ2) is 4.15. The number of carbonyl (C=O) groups excluding carboxylic acids is 1. The molecule has 1 fully saturated rings. The molecule has 1 rings (SSSR count). The highest BCUT2D eigenvalue weighted by Crippen LogP contribution is 2.44. The molecule has 0 aromatic carbocycles. The van der Waals surface area contributed by atoms with Crippen LogP contribution in [-0.4, -0.2) is 11.6 Å². The summed E-state index contributed by atoms with van der Waals surface area (Å²) in [6.45, 7) is 10.1. The highest BCUT2D eigenvalue weighted by atomic mass is 16.6.